The fourth-order valence-electron chi connectivity index (χ4n) is 8.67. The lowest BCUT2D eigenvalue weighted by Crippen LogP contribution is -2.17. The van der Waals surface area contributed by atoms with Crippen molar-refractivity contribution in [3.05, 3.63) is 167 Å². The molecule has 1 N–H and O–H groups in total. The smallest absolute Gasteiger partial charge is 0.149 e. The average Bonchev–Trinajstić information content (AvgIpc) is 3.64. The molecule has 0 spiro atoms. The number of hydrogen-bond donors (Lipinski definition) is 1. The third-order valence-corrected chi connectivity index (χ3v) is 12.6. The molecule has 4 nitrogen and oxygen atoms in total. The van der Waals surface area contributed by atoms with Gasteiger partial charge in [-0.25, -0.2) is 4.98 Å². The van der Waals surface area contributed by atoms with E-state index >= 15 is 0 Å². The van der Waals surface area contributed by atoms with Crippen LogP contribution in [0.5, 0.6) is 5.75 Å². The number of imidazole rings is 1. The first-order chi connectivity index (χ1) is 30.8. The Morgan fingerprint density at radius 1 is 0.531 bits per heavy atom. The molecule has 8 aromatic rings. The zero-order chi connectivity index (χ0) is 47.7. The molecule has 0 fully saturated rings. The van der Waals surface area contributed by atoms with Gasteiger partial charge in [-0.1, -0.05) is 175 Å². The standard InChI is InChI=1S/C60H65N3O/c1-37(2)39-22-24-40(25-23-39)42-28-29-61-53(33-42)44-30-43(31-45(32-44)58(5,6)7)49-20-17-21-54-55(49)62-57(51-34-46(59(8,9)10)35-52(56(51)64)60(11,12)13)63(54)47-26-27-48(50(36-47)38(3)4)41-18-15-14-16-19-41/h14-38,64H,1-13H3/i37D,38D. The van der Waals surface area contributed by atoms with Gasteiger partial charge in [0.2, 0.25) is 0 Å². The molecule has 2 heterocycles. The first kappa shape index (κ1) is 41.7. The van der Waals surface area contributed by atoms with Crippen molar-refractivity contribution in [2.75, 3.05) is 0 Å². The minimum atomic E-state index is -0.923. The molecule has 0 amide bonds. The Morgan fingerprint density at radius 3 is 1.84 bits per heavy atom. The molecule has 0 aliphatic carbocycles. The zero-order valence-corrected chi connectivity index (χ0v) is 40.1. The number of pyridine rings is 1. The summed E-state index contributed by atoms with van der Waals surface area (Å²) < 4.78 is 20.1. The van der Waals surface area contributed by atoms with E-state index in [0.29, 0.717) is 11.4 Å². The van der Waals surface area contributed by atoms with Crippen LogP contribution in [0.3, 0.4) is 0 Å². The van der Waals surface area contributed by atoms with Crippen LogP contribution in [0, 0.1) is 0 Å². The van der Waals surface area contributed by atoms with Gasteiger partial charge in [0, 0.05) is 31.3 Å². The largest absolute Gasteiger partial charge is 0.507 e. The molecule has 64 heavy (non-hydrogen) atoms. The summed E-state index contributed by atoms with van der Waals surface area (Å²) in [6.45, 7) is 27.5. The van der Waals surface area contributed by atoms with Crippen LogP contribution in [0.2, 0.25) is 0 Å². The second kappa shape index (κ2) is 16.7. The molecule has 6 aromatic carbocycles. The number of benzene rings is 6. The molecule has 0 atom stereocenters. The second-order valence-corrected chi connectivity index (χ2v) is 21.0. The van der Waals surface area contributed by atoms with Gasteiger partial charge in [-0.2, -0.15) is 0 Å². The number of fused-ring (bicyclic) bond motifs is 1. The lowest BCUT2D eigenvalue weighted by atomic mass is 9.79. The normalized spacial score (nSPS) is 13.3. The van der Waals surface area contributed by atoms with Crippen LogP contribution in [-0.2, 0) is 16.2 Å². The molecule has 0 aliphatic rings. The van der Waals surface area contributed by atoms with E-state index in [0.717, 1.165) is 83.6 Å². The highest BCUT2D eigenvalue weighted by atomic mass is 16.3. The van der Waals surface area contributed by atoms with Gasteiger partial charge in [0.1, 0.15) is 11.6 Å². The third-order valence-electron chi connectivity index (χ3n) is 12.6. The Labute approximate surface area is 384 Å². The van der Waals surface area contributed by atoms with Crippen molar-refractivity contribution in [2.45, 2.75) is 118 Å². The summed E-state index contributed by atoms with van der Waals surface area (Å²) in [6, 6.07) is 46.6. The lowest BCUT2D eigenvalue weighted by Gasteiger charge is -2.27. The molecule has 326 valence electrons. The molecule has 8 rings (SSSR count). The highest BCUT2D eigenvalue weighted by Gasteiger charge is 2.29. The van der Waals surface area contributed by atoms with Crippen molar-refractivity contribution < 1.29 is 7.85 Å². The molecule has 2 aromatic heterocycles. The van der Waals surface area contributed by atoms with Crippen LogP contribution in [0.1, 0.15) is 132 Å². The number of nitrogens with zero attached hydrogens (tertiary/aromatic N) is 3. The Kier molecular flexibility index (Phi) is 10.9. The van der Waals surface area contributed by atoms with E-state index in [1.54, 1.807) is 0 Å². The minimum absolute atomic E-state index is 0.178. The second-order valence-electron chi connectivity index (χ2n) is 21.0. The van der Waals surface area contributed by atoms with Gasteiger partial charge < -0.3 is 5.11 Å². The van der Waals surface area contributed by atoms with Crippen molar-refractivity contribution >= 4 is 11.0 Å². The van der Waals surface area contributed by atoms with Crippen molar-refractivity contribution in [1.29, 1.82) is 0 Å². The van der Waals surface area contributed by atoms with Crippen molar-refractivity contribution in [3.8, 4) is 67.5 Å². The van der Waals surface area contributed by atoms with Gasteiger partial charge in [-0.05, 0) is 127 Å². The monoisotopic (exact) mass is 846 g/mol. The Balaban J connectivity index is 1.40. The van der Waals surface area contributed by atoms with Crippen LogP contribution in [-0.4, -0.2) is 19.6 Å². The molecular weight excluding hydrogens is 779 g/mol. The van der Waals surface area contributed by atoms with Gasteiger partial charge in [-0.3, -0.25) is 9.55 Å². The van der Waals surface area contributed by atoms with Gasteiger partial charge in [-0.15, -0.1) is 0 Å². The van der Waals surface area contributed by atoms with E-state index in [-0.39, 0.29) is 22.0 Å². The number of rotatable bonds is 8. The minimum Gasteiger partial charge on any atom is -0.507 e. The molecule has 0 saturated heterocycles. The summed E-state index contributed by atoms with van der Waals surface area (Å²) in [5.74, 6) is -0.744. The predicted molar refractivity (Wildman–Crippen MR) is 272 cm³/mol. The fourth-order valence-corrected chi connectivity index (χ4v) is 8.67. The van der Waals surface area contributed by atoms with E-state index < -0.39 is 11.8 Å². The SMILES string of the molecule is [2H]C(C)(C)c1ccc(-c2ccnc(-c3cc(-c4cccc5c4nc(-c4cc(C(C)(C)C)cc(C(C)(C)C)c4O)n5-c4ccc(-c5ccccc5)c(C([2H])(C)C)c4)cc(C(C)(C)C)c3)c2)cc1. The Bertz CT molecular complexity index is 3090. The molecule has 0 bridgehead atoms. The summed E-state index contributed by atoms with van der Waals surface area (Å²) in [6.07, 6.45) is 1.88. The van der Waals surface area contributed by atoms with Gasteiger partial charge in [0.15, 0.2) is 0 Å². The number of aromatic hydroxyl groups is 1. The zero-order valence-electron chi connectivity index (χ0n) is 42.1. The van der Waals surface area contributed by atoms with Crippen LogP contribution in [0.25, 0.3) is 72.7 Å². The van der Waals surface area contributed by atoms with Crippen molar-refractivity contribution in [2.24, 2.45) is 0 Å². The van der Waals surface area contributed by atoms with Gasteiger partial charge in [0.05, 0.1) is 22.3 Å². The number of hydrogen-bond acceptors (Lipinski definition) is 3. The number of phenolic OH excluding ortho intramolecular Hbond substituents is 1. The topological polar surface area (TPSA) is 50.9 Å². The van der Waals surface area contributed by atoms with E-state index in [1.165, 1.54) is 5.56 Å². The number of phenols is 1. The van der Waals surface area contributed by atoms with Gasteiger partial charge >= 0.3 is 0 Å². The van der Waals surface area contributed by atoms with E-state index in [1.807, 2.05) is 70.3 Å². The summed E-state index contributed by atoms with van der Waals surface area (Å²) in [7, 11) is 0. The summed E-state index contributed by atoms with van der Waals surface area (Å²) in [5, 5.41) is 12.5. The Morgan fingerprint density at radius 2 is 1.20 bits per heavy atom. The van der Waals surface area contributed by atoms with E-state index in [2.05, 4.69) is 164 Å². The predicted octanol–water partition coefficient (Wildman–Crippen LogP) is 16.6. The Hall–Kier alpha value is -6.26. The van der Waals surface area contributed by atoms with Crippen LogP contribution in [0.4, 0.5) is 0 Å². The number of para-hydroxylation sites is 1. The summed E-state index contributed by atoms with van der Waals surface area (Å²) in [4.78, 5) is 10.6. The summed E-state index contributed by atoms with van der Waals surface area (Å²) >= 11 is 0. The highest BCUT2D eigenvalue weighted by Crippen LogP contribution is 2.45. The van der Waals surface area contributed by atoms with Crippen LogP contribution in [0.15, 0.2) is 140 Å². The number of aromatic nitrogens is 3. The lowest BCUT2D eigenvalue weighted by molar-refractivity contribution is 0.446. The van der Waals surface area contributed by atoms with E-state index in [4.69, 9.17) is 11.3 Å². The van der Waals surface area contributed by atoms with E-state index in [9.17, 15) is 6.48 Å². The van der Waals surface area contributed by atoms with Crippen molar-refractivity contribution in [3.63, 3.8) is 0 Å². The first-order valence-corrected chi connectivity index (χ1v) is 22.6. The molecule has 0 saturated carbocycles. The first-order valence-electron chi connectivity index (χ1n) is 23.6. The maximum atomic E-state index is 12.5. The van der Waals surface area contributed by atoms with Gasteiger partial charge in [0.25, 0.3) is 0 Å². The maximum Gasteiger partial charge on any atom is 0.149 e. The van der Waals surface area contributed by atoms with Crippen LogP contribution >= 0.6 is 0 Å². The molecule has 0 radical (unpaired) electrons. The molecule has 0 aliphatic heterocycles. The quantitative estimate of drug-likeness (QED) is 0.166. The molecular formula is C60H65N3O. The average molecular weight is 846 g/mol. The highest BCUT2D eigenvalue weighted by molar-refractivity contribution is 5.97. The molecule has 0 unspecified atom stereocenters. The third kappa shape index (κ3) is 8.68. The maximum absolute atomic E-state index is 12.5. The fraction of sp³-hybridized carbons (Fsp3) is 0.300. The van der Waals surface area contributed by atoms with Crippen LogP contribution < -0.4 is 0 Å². The molecule has 4 heteroatoms. The summed E-state index contributed by atoms with van der Waals surface area (Å²) in [5.41, 5.74) is 15.6. The van der Waals surface area contributed by atoms with Crippen molar-refractivity contribution in [1.82, 2.24) is 14.5 Å².